The number of hydrogen-bond donors (Lipinski definition) is 0. The summed E-state index contributed by atoms with van der Waals surface area (Å²) in [5, 5.41) is 5.75. The third kappa shape index (κ3) is 4.31. The van der Waals surface area contributed by atoms with Crippen molar-refractivity contribution in [2.45, 2.75) is 6.54 Å². The summed E-state index contributed by atoms with van der Waals surface area (Å²) < 4.78 is 24.9. The van der Waals surface area contributed by atoms with Crippen LogP contribution >= 0.6 is 24.0 Å². The van der Waals surface area contributed by atoms with Gasteiger partial charge in [-0.25, -0.2) is 4.68 Å². The second-order valence-corrected chi connectivity index (χ2v) is 10.8. The number of amides is 1. The molecule has 8 nitrogen and oxygen atoms in total. The molecule has 5 aromatic rings. The summed E-state index contributed by atoms with van der Waals surface area (Å²) in [5.74, 6) is 2.39. The number of thiocarbonyl (C=S) groups is 1. The SMILES string of the molecule is COc1cccc2cc(-c3nn(-c4ccccc4)cc3/C=C3\SC(=S)N(Cc4ccc5c(c4)OCO5)C3=O)oc12. The van der Waals surface area contributed by atoms with E-state index in [1.165, 1.54) is 11.8 Å². The Balaban J connectivity index is 1.26. The van der Waals surface area contributed by atoms with E-state index in [2.05, 4.69) is 0 Å². The van der Waals surface area contributed by atoms with Crippen LogP contribution in [0.5, 0.6) is 17.2 Å². The number of para-hydroxylation sites is 2. The third-order valence-electron chi connectivity index (χ3n) is 6.66. The molecule has 7 rings (SSSR count). The van der Waals surface area contributed by atoms with Crippen molar-refractivity contribution in [3.8, 4) is 34.4 Å². The van der Waals surface area contributed by atoms with Crippen molar-refractivity contribution in [3.05, 3.63) is 95.0 Å². The molecule has 3 aromatic carbocycles. The van der Waals surface area contributed by atoms with Gasteiger partial charge in [-0.3, -0.25) is 9.69 Å². The van der Waals surface area contributed by atoms with E-state index in [0.29, 0.717) is 50.1 Å². The highest BCUT2D eigenvalue weighted by Crippen LogP contribution is 2.39. The minimum atomic E-state index is -0.169. The summed E-state index contributed by atoms with van der Waals surface area (Å²) in [6, 6.07) is 23.1. The van der Waals surface area contributed by atoms with Crippen LogP contribution in [0.3, 0.4) is 0 Å². The van der Waals surface area contributed by atoms with Gasteiger partial charge in [0.25, 0.3) is 5.91 Å². The van der Waals surface area contributed by atoms with Crippen LogP contribution in [0, 0.1) is 0 Å². The number of methoxy groups -OCH3 is 1. The Morgan fingerprint density at radius 3 is 2.75 bits per heavy atom. The monoisotopic (exact) mass is 567 g/mol. The van der Waals surface area contributed by atoms with Gasteiger partial charge >= 0.3 is 0 Å². The number of rotatable bonds is 6. The maximum atomic E-state index is 13.5. The zero-order valence-corrected chi connectivity index (χ0v) is 22.8. The number of hydrogen-bond acceptors (Lipinski definition) is 8. The molecule has 0 bridgehead atoms. The molecule has 2 aliphatic rings. The molecule has 1 fully saturated rings. The van der Waals surface area contributed by atoms with Gasteiger partial charge in [-0.2, -0.15) is 5.10 Å². The van der Waals surface area contributed by atoms with Crippen LogP contribution < -0.4 is 14.2 Å². The maximum Gasteiger partial charge on any atom is 0.266 e. The van der Waals surface area contributed by atoms with Crippen LogP contribution in [-0.4, -0.2) is 38.8 Å². The predicted molar refractivity (Wildman–Crippen MR) is 157 cm³/mol. The highest BCUT2D eigenvalue weighted by molar-refractivity contribution is 8.26. The smallest absolute Gasteiger partial charge is 0.266 e. The van der Waals surface area contributed by atoms with E-state index in [0.717, 1.165) is 22.2 Å². The second-order valence-electron chi connectivity index (χ2n) is 9.16. The first kappa shape index (κ1) is 24.5. The van der Waals surface area contributed by atoms with E-state index in [-0.39, 0.29) is 12.7 Å². The lowest BCUT2D eigenvalue weighted by atomic mass is 10.1. The zero-order valence-electron chi connectivity index (χ0n) is 21.2. The summed E-state index contributed by atoms with van der Waals surface area (Å²) in [6.07, 6.45) is 3.71. The fourth-order valence-electron chi connectivity index (χ4n) is 4.71. The molecule has 0 N–H and O–H groups in total. The lowest BCUT2D eigenvalue weighted by Gasteiger charge is -2.14. The summed E-state index contributed by atoms with van der Waals surface area (Å²) >= 11 is 6.87. The molecule has 1 amide bonds. The van der Waals surface area contributed by atoms with Gasteiger partial charge < -0.3 is 18.6 Å². The van der Waals surface area contributed by atoms with Crippen molar-refractivity contribution >= 4 is 51.3 Å². The van der Waals surface area contributed by atoms with Crippen molar-refractivity contribution in [2.24, 2.45) is 0 Å². The number of benzene rings is 3. The standard InChI is InChI=1S/C30H21N3O5S2/c1-35-23-9-5-6-19-13-25(38-28(19)23)27-20(16-33(31-27)21-7-3-2-4-8-21)14-26-29(34)32(30(39)40-26)15-18-10-11-22-24(12-18)37-17-36-22/h2-14,16H,15,17H2,1H3/b26-14-. The predicted octanol–water partition coefficient (Wildman–Crippen LogP) is 6.42. The van der Waals surface area contributed by atoms with E-state index >= 15 is 0 Å². The first-order chi connectivity index (χ1) is 19.6. The van der Waals surface area contributed by atoms with Crippen molar-refractivity contribution in [3.63, 3.8) is 0 Å². The number of fused-ring (bicyclic) bond motifs is 2. The van der Waals surface area contributed by atoms with Crippen LogP contribution in [0.25, 0.3) is 34.2 Å². The van der Waals surface area contributed by atoms with E-state index in [1.54, 1.807) is 16.7 Å². The summed E-state index contributed by atoms with van der Waals surface area (Å²) in [4.78, 5) is 15.6. The number of nitrogens with zero attached hydrogens (tertiary/aromatic N) is 3. The van der Waals surface area contributed by atoms with Crippen LogP contribution in [0.4, 0.5) is 0 Å². The van der Waals surface area contributed by atoms with Crippen molar-refractivity contribution in [1.82, 2.24) is 14.7 Å². The van der Waals surface area contributed by atoms with Crippen molar-refractivity contribution in [2.75, 3.05) is 13.9 Å². The molecule has 40 heavy (non-hydrogen) atoms. The van der Waals surface area contributed by atoms with E-state index in [4.69, 9.17) is 35.9 Å². The molecule has 0 unspecified atom stereocenters. The summed E-state index contributed by atoms with van der Waals surface area (Å²) in [6.45, 7) is 0.526. The van der Waals surface area contributed by atoms with Gasteiger partial charge in [0.15, 0.2) is 28.6 Å². The topological polar surface area (TPSA) is 79.0 Å². The van der Waals surface area contributed by atoms with Crippen LogP contribution in [0.1, 0.15) is 11.1 Å². The lowest BCUT2D eigenvalue weighted by molar-refractivity contribution is -0.122. The zero-order chi connectivity index (χ0) is 27.2. The van der Waals surface area contributed by atoms with Gasteiger partial charge in [0.2, 0.25) is 6.79 Å². The Bertz CT molecular complexity index is 1830. The third-order valence-corrected chi connectivity index (χ3v) is 8.04. The largest absolute Gasteiger partial charge is 0.493 e. The summed E-state index contributed by atoms with van der Waals surface area (Å²) in [5.41, 5.74) is 3.74. The number of ether oxygens (including phenoxy) is 3. The van der Waals surface area contributed by atoms with Gasteiger partial charge in [-0.1, -0.05) is 60.4 Å². The number of carbonyl (C=O) groups is 1. The Morgan fingerprint density at radius 2 is 1.90 bits per heavy atom. The number of furan rings is 1. The molecular formula is C30H21N3O5S2. The molecule has 0 aliphatic carbocycles. The molecule has 0 atom stereocenters. The van der Waals surface area contributed by atoms with E-state index in [1.807, 2.05) is 85.1 Å². The van der Waals surface area contributed by atoms with E-state index < -0.39 is 0 Å². The quantitative estimate of drug-likeness (QED) is 0.172. The molecule has 0 saturated carbocycles. The molecular weight excluding hydrogens is 546 g/mol. The van der Waals surface area contributed by atoms with Crippen LogP contribution in [-0.2, 0) is 11.3 Å². The van der Waals surface area contributed by atoms with Gasteiger partial charge in [-0.15, -0.1) is 0 Å². The Morgan fingerprint density at radius 1 is 1.05 bits per heavy atom. The average Bonchev–Trinajstić information content (AvgIpc) is 3.76. The second kappa shape index (κ2) is 9.89. The minimum Gasteiger partial charge on any atom is -0.493 e. The molecule has 0 radical (unpaired) electrons. The first-order valence-electron chi connectivity index (χ1n) is 12.4. The summed E-state index contributed by atoms with van der Waals surface area (Å²) in [7, 11) is 1.61. The van der Waals surface area contributed by atoms with Crippen LogP contribution in [0.15, 0.2) is 88.3 Å². The molecule has 198 valence electrons. The number of thioether (sulfide) groups is 1. The van der Waals surface area contributed by atoms with Gasteiger partial charge in [-0.05, 0) is 48.0 Å². The number of carbonyl (C=O) groups excluding carboxylic acids is 1. The van der Waals surface area contributed by atoms with Crippen molar-refractivity contribution in [1.29, 1.82) is 0 Å². The molecule has 0 spiro atoms. The molecule has 10 heteroatoms. The normalized spacial score (nSPS) is 15.5. The Labute approximate surface area is 238 Å². The highest BCUT2D eigenvalue weighted by atomic mass is 32.2. The fraction of sp³-hybridized carbons (Fsp3) is 0.100. The van der Waals surface area contributed by atoms with Gasteiger partial charge in [0.05, 0.1) is 24.2 Å². The van der Waals surface area contributed by atoms with Gasteiger partial charge in [0.1, 0.15) is 10.0 Å². The molecule has 1 saturated heterocycles. The minimum absolute atomic E-state index is 0.169. The van der Waals surface area contributed by atoms with Gasteiger partial charge in [0, 0.05) is 17.1 Å². The van der Waals surface area contributed by atoms with E-state index in [9.17, 15) is 4.79 Å². The molecule has 2 aliphatic heterocycles. The Kier molecular flexibility index (Phi) is 6.06. The Hall–Kier alpha value is -4.54. The average molecular weight is 568 g/mol. The molecule has 4 heterocycles. The highest BCUT2D eigenvalue weighted by Gasteiger charge is 2.33. The number of aromatic nitrogens is 2. The molecule has 2 aromatic heterocycles. The van der Waals surface area contributed by atoms with Crippen LogP contribution in [0.2, 0.25) is 0 Å². The lowest BCUT2D eigenvalue weighted by Crippen LogP contribution is -2.27. The maximum absolute atomic E-state index is 13.5. The van der Waals surface area contributed by atoms with Crippen molar-refractivity contribution < 1.29 is 23.4 Å². The first-order valence-corrected chi connectivity index (χ1v) is 13.7. The fourth-order valence-corrected chi connectivity index (χ4v) is 5.96.